The molecule has 0 aromatic heterocycles. The van der Waals surface area contributed by atoms with Gasteiger partial charge in [0.25, 0.3) is 0 Å². The van der Waals surface area contributed by atoms with E-state index in [1.807, 2.05) is 0 Å². The molecule has 0 amide bonds. The van der Waals surface area contributed by atoms with Crippen molar-refractivity contribution >= 4 is 16.8 Å². The number of benzene rings is 4. The van der Waals surface area contributed by atoms with Crippen molar-refractivity contribution < 1.29 is 0 Å². The third kappa shape index (κ3) is 2.66. The molecule has 142 valence electrons. The van der Waals surface area contributed by atoms with Crippen LogP contribution in [0.15, 0.2) is 84.9 Å². The Kier molecular flexibility index (Phi) is 4.15. The Morgan fingerprint density at radius 3 is 2.38 bits per heavy atom. The molecular weight excluding hydrogens is 350 g/mol. The normalized spacial score (nSPS) is 17.6. The first-order valence-electron chi connectivity index (χ1n) is 10.3. The molecular formula is C28H25N. The predicted octanol–water partition coefficient (Wildman–Crippen LogP) is 6.80. The lowest BCUT2D eigenvalue weighted by atomic mass is 9.80. The van der Waals surface area contributed by atoms with Crippen LogP contribution >= 0.6 is 0 Å². The highest BCUT2D eigenvalue weighted by molar-refractivity contribution is 5.88. The highest BCUT2D eigenvalue weighted by atomic mass is 14.8. The number of allylic oxidation sites excluding steroid dienone is 1. The minimum absolute atomic E-state index is 0.645. The summed E-state index contributed by atoms with van der Waals surface area (Å²) in [6.45, 7) is 4.35. The third-order valence-corrected chi connectivity index (χ3v) is 6.21. The van der Waals surface area contributed by atoms with Gasteiger partial charge >= 0.3 is 0 Å². The van der Waals surface area contributed by atoms with E-state index in [0.29, 0.717) is 0 Å². The maximum atomic E-state index is 7.30. The SMILES string of the molecule is CC/C=C\c1cc2c(cc1C)C(N)(c1ccc3ccccc3c1)c1ccccc1-2. The molecule has 4 aromatic carbocycles. The van der Waals surface area contributed by atoms with E-state index in [1.165, 1.54) is 44.2 Å². The van der Waals surface area contributed by atoms with Gasteiger partial charge in [0, 0.05) is 0 Å². The quantitative estimate of drug-likeness (QED) is 0.418. The molecule has 1 nitrogen and oxygen atoms in total. The number of nitrogens with two attached hydrogens (primary N) is 1. The minimum Gasteiger partial charge on any atom is -0.314 e. The van der Waals surface area contributed by atoms with Crippen LogP contribution in [-0.2, 0) is 5.54 Å². The first-order valence-corrected chi connectivity index (χ1v) is 10.3. The molecule has 0 saturated carbocycles. The van der Waals surface area contributed by atoms with Gasteiger partial charge in [0.2, 0.25) is 0 Å². The lowest BCUT2D eigenvalue weighted by Crippen LogP contribution is -2.37. The first kappa shape index (κ1) is 17.9. The average Bonchev–Trinajstić information content (AvgIpc) is 3.01. The van der Waals surface area contributed by atoms with Crippen molar-refractivity contribution in [2.45, 2.75) is 25.8 Å². The van der Waals surface area contributed by atoms with Crippen LogP contribution in [0.1, 0.15) is 41.2 Å². The molecule has 0 bridgehead atoms. The number of aryl methyl sites for hydroxylation is 1. The molecule has 0 spiro atoms. The topological polar surface area (TPSA) is 26.0 Å². The second-order valence-corrected chi connectivity index (χ2v) is 7.98. The van der Waals surface area contributed by atoms with Gasteiger partial charge in [-0.1, -0.05) is 85.8 Å². The Morgan fingerprint density at radius 1 is 0.793 bits per heavy atom. The average molecular weight is 376 g/mol. The van der Waals surface area contributed by atoms with Crippen LogP contribution in [0, 0.1) is 6.92 Å². The molecule has 1 unspecified atom stereocenters. The van der Waals surface area contributed by atoms with Gasteiger partial charge in [-0.2, -0.15) is 0 Å². The molecule has 4 aromatic rings. The zero-order valence-electron chi connectivity index (χ0n) is 16.9. The minimum atomic E-state index is -0.645. The lowest BCUT2D eigenvalue weighted by Gasteiger charge is -2.29. The van der Waals surface area contributed by atoms with E-state index in [4.69, 9.17) is 5.73 Å². The van der Waals surface area contributed by atoms with Crippen molar-refractivity contribution in [1.29, 1.82) is 0 Å². The molecule has 5 rings (SSSR count). The molecule has 2 N–H and O–H groups in total. The van der Waals surface area contributed by atoms with Gasteiger partial charge in [0.05, 0.1) is 5.54 Å². The molecule has 29 heavy (non-hydrogen) atoms. The van der Waals surface area contributed by atoms with Crippen molar-refractivity contribution in [2.75, 3.05) is 0 Å². The third-order valence-electron chi connectivity index (χ3n) is 6.21. The summed E-state index contributed by atoms with van der Waals surface area (Å²) in [4.78, 5) is 0. The van der Waals surface area contributed by atoms with Crippen molar-refractivity contribution in [1.82, 2.24) is 0 Å². The fourth-order valence-electron chi connectivity index (χ4n) is 4.65. The highest BCUT2D eigenvalue weighted by Gasteiger charge is 2.41. The summed E-state index contributed by atoms with van der Waals surface area (Å²) < 4.78 is 0. The Balaban J connectivity index is 1.79. The second-order valence-electron chi connectivity index (χ2n) is 7.98. The predicted molar refractivity (Wildman–Crippen MR) is 124 cm³/mol. The van der Waals surface area contributed by atoms with Gasteiger partial charge < -0.3 is 5.73 Å². The van der Waals surface area contributed by atoms with E-state index in [-0.39, 0.29) is 0 Å². The van der Waals surface area contributed by atoms with Crippen molar-refractivity contribution in [3.8, 4) is 11.1 Å². The summed E-state index contributed by atoms with van der Waals surface area (Å²) in [5.41, 5.74) is 15.2. The zero-order valence-corrected chi connectivity index (χ0v) is 16.9. The molecule has 0 radical (unpaired) electrons. The molecule has 1 heteroatoms. The molecule has 0 heterocycles. The van der Waals surface area contributed by atoms with E-state index < -0.39 is 5.54 Å². The van der Waals surface area contributed by atoms with E-state index in [0.717, 1.165) is 12.0 Å². The largest absolute Gasteiger partial charge is 0.314 e. The van der Waals surface area contributed by atoms with Crippen LogP contribution in [0.5, 0.6) is 0 Å². The Bertz CT molecular complexity index is 1260. The molecule has 1 aliphatic rings. The summed E-state index contributed by atoms with van der Waals surface area (Å²) >= 11 is 0. The van der Waals surface area contributed by atoms with E-state index in [9.17, 15) is 0 Å². The van der Waals surface area contributed by atoms with Crippen LogP contribution < -0.4 is 5.73 Å². The maximum Gasteiger partial charge on any atom is 0.0935 e. The fraction of sp³-hybridized carbons (Fsp3) is 0.143. The number of rotatable bonds is 3. The zero-order chi connectivity index (χ0) is 20.0. The van der Waals surface area contributed by atoms with E-state index in [2.05, 4.69) is 105 Å². The molecule has 0 aliphatic heterocycles. The van der Waals surface area contributed by atoms with Gasteiger partial charge in [-0.15, -0.1) is 0 Å². The Labute approximate surface area is 172 Å². The van der Waals surface area contributed by atoms with E-state index in [1.54, 1.807) is 0 Å². The molecule has 1 aliphatic carbocycles. The molecule has 0 fully saturated rings. The van der Waals surface area contributed by atoms with Crippen LogP contribution in [0.2, 0.25) is 0 Å². The summed E-state index contributed by atoms with van der Waals surface area (Å²) in [6.07, 6.45) is 5.48. The summed E-state index contributed by atoms with van der Waals surface area (Å²) in [6, 6.07) is 28.3. The van der Waals surface area contributed by atoms with E-state index >= 15 is 0 Å². The smallest absolute Gasteiger partial charge is 0.0935 e. The second kappa shape index (κ2) is 6.72. The highest BCUT2D eigenvalue weighted by Crippen LogP contribution is 2.50. The standard InChI is InChI=1S/C28H25N/c1-3-4-9-21-18-25-24-12-7-8-13-26(24)28(29,27(25)16-19(21)2)23-15-14-20-10-5-6-11-22(20)17-23/h4-18H,3,29H2,1-2H3/b9-4-. The van der Waals surface area contributed by atoms with Crippen LogP contribution in [0.3, 0.4) is 0 Å². The van der Waals surface area contributed by atoms with Gasteiger partial charge in [-0.05, 0) is 75.2 Å². The van der Waals surface area contributed by atoms with Gasteiger partial charge in [-0.25, -0.2) is 0 Å². The lowest BCUT2D eigenvalue weighted by molar-refractivity contribution is 0.672. The summed E-state index contributed by atoms with van der Waals surface area (Å²) in [5.74, 6) is 0. The Morgan fingerprint density at radius 2 is 1.55 bits per heavy atom. The van der Waals surface area contributed by atoms with Crippen molar-refractivity contribution in [2.24, 2.45) is 5.73 Å². The molecule has 0 saturated heterocycles. The van der Waals surface area contributed by atoms with Crippen LogP contribution in [-0.4, -0.2) is 0 Å². The van der Waals surface area contributed by atoms with Crippen LogP contribution in [0.4, 0.5) is 0 Å². The Hall–Kier alpha value is -3.16. The number of hydrogen-bond acceptors (Lipinski definition) is 1. The summed E-state index contributed by atoms with van der Waals surface area (Å²) in [7, 11) is 0. The van der Waals surface area contributed by atoms with Crippen molar-refractivity contribution in [3.63, 3.8) is 0 Å². The first-order chi connectivity index (χ1) is 14.1. The monoisotopic (exact) mass is 375 g/mol. The fourth-order valence-corrected chi connectivity index (χ4v) is 4.65. The van der Waals surface area contributed by atoms with Gasteiger partial charge in [-0.3, -0.25) is 0 Å². The summed E-state index contributed by atoms with van der Waals surface area (Å²) in [5, 5.41) is 2.46. The van der Waals surface area contributed by atoms with Crippen LogP contribution in [0.25, 0.3) is 28.0 Å². The van der Waals surface area contributed by atoms with Crippen molar-refractivity contribution in [3.05, 3.63) is 113 Å². The van der Waals surface area contributed by atoms with Gasteiger partial charge in [0.15, 0.2) is 0 Å². The van der Waals surface area contributed by atoms with Gasteiger partial charge in [0.1, 0.15) is 0 Å². The number of fused-ring (bicyclic) bond motifs is 4. The maximum absolute atomic E-state index is 7.30. The molecule has 1 atom stereocenters. The number of hydrogen-bond donors (Lipinski definition) is 1.